The van der Waals surface area contributed by atoms with Crippen LogP contribution in [0.1, 0.15) is 99.7 Å². The van der Waals surface area contributed by atoms with E-state index in [4.69, 9.17) is 9.97 Å². The van der Waals surface area contributed by atoms with Crippen molar-refractivity contribution < 1.29 is 0 Å². The van der Waals surface area contributed by atoms with E-state index < -0.39 is 0 Å². The van der Waals surface area contributed by atoms with E-state index in [1.165, 1.54) is 54.4 Å². The zero-order valence-electron chi connectivity index (χ0n) is 25.1. The molecule has 0 radical (unpaired) electrons. The maximum absolute atomic E-state index is 5.17. The summed E-state index contributed by atoms with van der Waals surface area (Å²) in [6, 6.07) is 22.1. The zero-order valence-corrected chi connectivity index (χ0v) is 25.1. The van der Waals surface area contributed by atoms with Gasteiger partial charge in [-0.15, -0.1) is 0 Å². The molecule has 2 aromatic carbocycles. The summed E-state index contributed by atoms with van der Waals surface area (Å²) in [6.07, 6.45) is 29.8. The van der Waals surface area contributed by atoms with Gasteiger partial charge in [0, 0.05) is 17.2 Å². The number of nitrogens with zero attached hydrogens (tertiary/aromatic N) is 3. The van der Waals surface area contributed by atoms with E-state index >= 15 is 0 Å². The fraction of sp³-hybridized carbons (Fsp3) is 0.325. The van der Waals surface area contributed by atoms with Crippen LogP contribution in [0.2, 0.25) is 0 Å². The van der Waals surface area contributed by atoms with Crippen molar-refractivity contribution >= 4 is 23.1 Å². The van der Waals surface area contributed by atoms with Crippen LogP contribution in [0.15, 0.2) is 108 Å². The molecule has 3 nitrogen and oxygen atoms in total. The first kappa shape index (κ1) is 27.7. The van der Waals surface area contributed by atoms with Crippen LogP contribution < -0.4 is 0 Å². The Balaban J connectivity index is 1.25. The van der Waals surface area contributed by atoms with E-state index in [2.05, 4.69) is 108 Å². The lowest BCUT2D eigenvalue weighted by atomic mass is 9.64. The van der Waals surface area contributed by atoms with Crippen molar-refractivity contribution in [2.75, 3.05) is 0 Å². The van der Waals surface area contributed by atoms with Crippen molar-refractivity contribution in [1.29, 1.82) is 0 Å². The molecule has 4 aliphatic rings. The Morgan fingerprint density at radius 1 is 0.651 bits per heavy atom. The average molecular weight is 564 g/mol. The quantitative estimate of drug-likeness (QED) is 0.299. The molecular weight excluding hydrogens is 522 g/mol. The van der Waals surface area contributed by atoms with Crippen LogP contribution in [0.3, 0.4) is 0 Å². The van der Waals surface area contributed by atoms with Crippen LogP contribution in [-0.2, 0) is 5.41 Å². The second kappa shape index (κ2) is 12.6. The third-order valence-electron chi connectivity index (χ3n) is 9.67. The SMILES string of the molecule is C1=CC(c2cc(-c3ccccc3)nc(C3=CC=C(C4(c5ccc(C6=CCCC=N6)cc5)CCCCC4)CCC3)n2)=CCC1. The van der Waals surface area contributed by atoms with E-state index in [1.54, 1.807) is 5.57 Å². The van der Waals surface area contributed by atoms with Crippen molar-refractivity contribution in [2.45, 2.75) is 82.5 Å². The highest BCUT2D eigenvalue weighted by atomic mass is 14.9. The predicted octanol–water partition coefficient (Wildman–Crippen LogP) is 10.5. The topological polar surface area (TPSA) is 38.1 Å². The summed E-state index contributed by atoms with van der Waals surface area (Å²) in [5, 5.41) is 0. The molecule has 2 heterocycles. The molecule has 3 aliphatic carbocycles. The van der Waals surface area contributed by atoms with Crippen molar-refractivity contribution in [3.8, 4) is 11.3 Å². The van der Waals surface area contributed by atoms with Gasteiger partial charge in [-0.1, -0.05) is 116 Å². The standard InChI is InChI=1S/C40H41N3/c1-4-13-30(14-5-1)37-29-38(31-15-6-2-7-16-31)43-39(42-37)33-17-12-18-34(25-22-33)40(26-9-3-10-27-40)35-23-20-32(21-24-35)36-19-8-11-28-41-36/h1,4-6,13-16,19-25,28-29H,2-3,7-12,17-18,26-27H2. The zero-order chi connectivity index (χ0) is 28.9. The summed E-state index contributed by atoms with van der Waals surface area (Å²) in [5.41, 5.74) is 11.1. The summed E-state index contributed by atoms with van der Waals surface area (Å²) in [6.45, 7) is 0. The summed E-state index contributed by atoms with van der Waals surface area (Å²) >= 11 is 0. The van der Waals surface area contributed by atoms with E-state index in [1.807, 2.05) is 0 Å². The van der Waals surface area contributed by atoms with Gasteiger partial charge < -0.3 is 0 Å². The van der Waals surface area contributed by atoms with Gasteiger partial charge in [0.15, 0.2) is 5.82 Å². The minimum atomic E-state index is 0.114. The smallest absolute Gasteiger partial charge is 0.156 e. The first-order chi connectivity index (χ1) is 21.3. The lowest BCUT2D eigenvalue weighted by Gasteiger charge is -2.40. The van der Waals surface area contributed by atoms with E-state index in [0.717, 1.165) is 73.4 Å². The molecule has 1 saturated carbocycles. The Kier molecular flexibility index (Phi) is 8.14. The minimum Gasteiger partial charge on any atom is -0.261 e. The third kappa shape index (κ3) is 5.91. The molecule has 0 saturated heterocycles. The molecule has 0 spiro atoms. The van der Waals surface area contributed by atoms with Gasteiger partial charge in [-0.3, -0.25) is 4.99 Å². The first-order valence-electron chi connectivity index (χ1n) is 16.3. The van der Waals surface area contributed by atoms with E-state index in [0.29, 0.717) is 0 Å². The van der Waals surface area contributed by atoms with Gasteiger partial charge in [-0.25, -0.2) is 9.97 Å². The molecule has 0 N–H and O–H groups in total. The Bertz CT molecular complexity index is 1640. The molecule has 0 atom stereocenters. The molecule has 0 amide bonds. The number of aliphatic imine (C=N–C) groups is 1. The highest BCUT2D eigenvalue weighted by Gasteiger charge is 2.37. The number of allylic oxidation sites excluding steroid dienone is 9. The van der Waals surface area contributed by atoms with Gasteiger partial charge in [-0.05, 0) is 86.1 Å². The monoisotopic (exact) mass is 563 g/mol. The van der Waals surface area contributed by atoms with Crippen molar-refractivity contribution in [3.05, 3.63) is 125 Å². The average Bonchev–Trinajstić information content (AvgIpc) is 3.37. The molecule has 1 aliphatic heterocycles. The number of benzene rings is 2. The number of hydrogen-bond acceptors (Lipinski definition) is 3. The van der Waals surface area contributed by atoms with Crippen molar-refractivity contribution in [1.82, 2.24) is 9.97 Å². The van der Waals surface area contributed by atoms with Crippen LogP contribution in [-0.4, -0.2) is 16.2 Å². The van der Waals surface area contributed by atoms with Crippen LogP contribution >= 0.6 is 0 Å². The molecule has 3 aromatic rings. The van der Waals surface area contributed by atoms with Crippen molar-refractivity contribution in [3.63, 3.8) is 0 Å². The maximum Gasteiger partial charge on any atom is 0.156 e. The summed E-state index contributed by atoms with van der Waals surface area (Å²) in [4.78, 5) is 15.0. The van der Waals surface area contributed by atoms with E-state index in [9.17, 15) is 0 Å². The minimum absolute atomic E-state index is 0.114. The van der Waals surface area contributed by atoms with Gasteiger partial charge in [0.2, 0.25) is 0 Å². The van der Waals surface area contributed by atoms with E-state index in [-0.39, 0.29) is 5.41 Å². The summed E-state index contributed by atoms with van der Waals surface area (Å²) in [5.74, 6) is 0.872. The van der Waals surface area contributed by atoms with Gasteiger partial charge in [0.1, 0.15) is 0 Å². The van der Waals surface area contributed by atoms with Gasteiger partial charge in [0.05, 0.1) is 17.1 Å². The third-order valence-corrected chi connectivity index (χ3v) is 9.67. The lowest BCUT2D eigenvalue weighted by molar-refractivity contribution is 0.331. The van der Waals surface area contributed by atoms with Crippen molar-refractivity contribution in [2.24, 2.45) is 4.99 Å². The molecule has 0 bridgehead atoms. The largest absolute Gasteiger partial charge is 0.261 e. The summed E-state index contributed by atoms with van der Waals surface area (Å²) < 4.78 is 0. The van der Waals surface area contributed by atoms with Gasteiger partial charge in [0.25, 0.3) is 0 Å². The number of rotatable bonds is 6. The Morgan fingerprint density at radius 2 is 1.47 bits per heavy atom. The van der Waals surface area contributed by atoms with Gasteiger partial charge >= 0.3 is 0 Å². The molecule has 1 fully saturated rings. The first-order valence-corrected chi connectivity index (χ1v) is 16.3. The normalized spacial score (nSPS) is 20.0. The Labute approximate surface area is 256 Å². The highest BCUT2D eigenvalue weighted by molar-refractivity contribution is 5.78. The summed E-state index contributed by atoms with van der Waals surface area (Å²) in [7, 11) is 0. The molecule has 0 unspecified atom stereocenters. The van der Waals surface area contributed by atoms with Crippen LogP contribution in [0.25, 0.3) is 28.1 Å². The van der Waals surface area contributed by atoms with Crippen LogP contribution in [0, 0.1) is 0 Å². The second-order valence-electron chi connectivity index (χ2n) is 12.4. The Hall–Kier alpha value is -4.11. The lowest BCUT2D eigenvalue weighted by Crippen LogP contribution is -2.31. The second-order valence-corrected chi connectivity index (χ2v) is 12.4. The van der Waals surface area contributed by atoms with Gasteiger partial charge in [-0.2, -0.15) is 0 Å². The molecule has 7 rings (SSSR count). The molecular formula is C40H41N3. The Morgan fingerprint density at radius 3 is 2.23 bits per heavy atom. The highest BCUT2D eigenvalue weighted by Crippen LogP contribution is 2.48. The maximum atomic E-state index is 5.17. The van der Waals surface area contributed by atoms with Crippen LogP contribution in [0.5, 0.6) is 0 Å². The molecule has 43 heavy (non-hydrogen) atoms. The predicted molar refractivity (Wildman–Crippen MR) is 181 cm³/mol. The molecule has 3 heteroatoms. The molecule has 1 aromatic heterocycles. The number of hydrogen-bond donors (Lipinski definition) is 0. The molecule has 216 valence electrons. The fourth-order valence-electron chi connectivity index (χ4n) is 7.33. The number of aromatic nitrogens is 2. The van der Waals surface area contributed by atoms with Crippen LogP contribution in [0.4, 0.5) is 0 Å². The fourth-order valence-corrected chi connectivity index (χ4v) is 7.33.